The smallest absolute Gasteiger partial charge is 0.0664 e. The molecular weight excluding hydrogens is 268 g/mol. The van der Waals surface area contributed by atoms with Crippen molar-refractivity contribution in [1.82, 2.24) is 0 Å². The second-order valence-electron chi connectivity index (χ2n) is 4.93. The fourth-order valence-electron chi connectivity index (χ4n) is 2.52. The normalized spacial score (nSPS) is 12.2. The zero-order valence-electron chi connectivity index (χ0n) is 12.0. The molecule has 2 aromatic rings. The molecule has 0 radical (unpaired) electrons. The van der Waals surface area contributed by atoms with Crippen molar-refractivity contribution in [2.75, 3.05) is 18.0 Å². The van der Waals surface area contributed by atoms with Crippen LogP contribution in [0.1, 0.15) is 24.1 Å². The van der Waals surface area contributed by atoms with Crippen LogP contribution in [0.25, 0.3) is 0 Å². The molecule has 2 rings (SSSR count). The second kappa shape index (κ2) is 6.78. The lowest BCUT2D eigenvalue weighted by Gasteiger charge is -2.32. The first kappa shape index (κ1) is 14.9. The molecule has 0 spiro atoms. The Hall–Kier alpha value is -1.51. The molecule has 0 aliphatic carbocycles. The maximum absolute atomic E-state index is 6.02. The standard InChI is InChI=1S/C17H21ClN2/c1-3-20(16-6-4-5-13(2)11-16)17(12-19)14-7-9-15(18)10-8-14/h4-11,17H,3,12,19H2,1-2H3. The number of aryl methyl sites for hydroxylation is 1. The van der Waals surface area contributed by atoms with Crippen LogP contribution in [-0.2, 0) is 0 Å². The van der Waals surface area contributed by atoms with Crippen molar-refractivity contribution in [3.8, 4) is 0 Å². The maximum Gasteiger partial charge on any atom is 0.0664 e. The molecule has 0 aliphatic rings. The minimum Gasteiger partial charge on any atom is -0.363 e. The maximum atomic E-state index is 6.02. The number of nitrogens with zero attached hydrogens (tertiary/aromatic N) is 1. The van der Waals surface area contributed by atoms with Gasteiger partial charge in [0.2, 0.25) is 0 Å². The summed E-state index contributed by atoms with van der Waals surface area (Å²) in [6, 6.07) is 16.6. The molecule has 1 atom stereocenters. The van der Waals surface area contributed by atoms with Crippen LogP contribution in [0, 0.1) is 6.92 Å². The second-order valence-corrected chi connectivity index (χ2v) is 5.36. The van der Waals surface area contributed by atoms with E-state index in [4.69, 9.17) is 17.3 Å². The molecule has 2 N–H and O–H groups in total. The van der Waals surface area contributed by atoms with E-state index in [1.807, 2.05) is 12.1 Å². The fraction of sp³-hybridized carbons (Fsp3) is 0.294. The van der Waals surface area contributed by atoms with E-state index in [9.17, 15) is 0 Å². The Morgan fingerprint density at radius 2 is 1.85 bits per heavy atom. The monoisotopic (exact) mass is 288 g/mol. The van der Waals surface area contributed by atoms with Crippen molar-refractivity contribution in [3.05, 3.63) is 64.7 Å². The van der Waals surface area contributed by atoms with Crippen molar-refractivity contribution >= 4 is 17.3 Å². The molecule has 0 aliphatic heterocycles. The van der Waals surface area contributed by atoms with E-state index in [0.29, 0.717) is 6.54 Å². The highest BCUT2D eigenvalue weighted by Gasteiger charge is 2.18. The van der Waals surface area contributed by atoms with Gasteiger partial charge in [0.05, 0.1) is 6.04 Å². The predicted octanol–water partition coefficient (Wildman–Crippen LogP) is 4.17. The summed E-state index contributed by atoms with van der Waals surface area (Å²) in [4.78, 5) is 2.33. The third-order valence-corrected chi connectivity index (χ3v) is 3.78. The molecule has 0 saturated heterocycles. The van der Waals surface area contributed by atoms with E-state index in [0.717, 1.165) is 11.6 Å². The van der Waals surface area contributed by atoms with Crippen molar-refractivity contribution in [1.29, 1.82) is 0 Å². The molecule has 0 saturated carbocycles. The molecule has 2 nitrogen and oxygen atoms in total. The first-order valence-corrected chi connectivity index (χ1v) is 7.32. The molecule has 0 fully saturated rings. The fourth-order valence-corrected chi connectivity index (χ4v) is 2.64. The lowest BCUT2D eigenvalue weighted by molar-refractivity contribution is 0.643. The third-order valence-electron chi connectivity index (χ3n) is 3.53. The Morgan fingerprint density at radius 3 is 2.40 bits per heavy atom. The van der Waals surface area contributed by atoms with Crippen LogP contribution >= 0.6 is 11.6 Å². The molecule has 1 unspecified atom stereocenters. The number of likely N-dealkylation sites (N-methyl/N-ethyl adjacent to an activating group) is 1. The van der Waals surface area contributed by atoms with Crippen LogP contribution in [0.2, 0.25) is 5.02 Å². The highest BCUT2D eigenvalue weighted by molar-refractivity contribution is 6.30. The van der Waals surface area contributed by atoms with Crippen LogP contribution in [0.15, 0.2) is 48.5 Å². The van der Waals surface area contributed by atoms with Gasteiger partial charge in [-0.3, -0.25) is 0 Å². The van der Waals surface area contributed by atoms with Gasteiger partial charge in [0.15, 0.2) is 0 Å². The quantitative estimate of drug-likeness (QED) is 0.894. The van der Waals surface area contributed by atoms with Gasteiger partial charge in [0.25, 0.3) is 0 Å². The molecule has 3 heteroatoms. The number of rotatable bonds is 5. The van der Waals surface area contributed by atoms with Crippen LogP contribution in [0.3, 0.4) is 0 Å². The van der Waals surface area contributed by atoms with Gasteiger partial charge < -0.3 is 10.6 Å². The van der Waals surface area contributed by atoms with E-state index >= 15 is 0 Å². The Labute approximate surface area is 126 Å². The highest BCUT2D eigenvalue weighted by atomic mass is 35.5. The average Bonchev–Trinajstić information content (AvgIpc) is 2.46. The van der Waals surface area contributed by atoms with Gasteiger partial charge in [-0.2, -0.15) is 0 Å². The molecule has 20 heavy (non-hydrogen) atoms. The van der Waals surface area contributed by atoms with Gasteiger partial charge >= 0.3 is 0 Å². The van der Waals surface area contributed by atoms with Gasteiger partial charge in [0, 0.05) is 23.8 Å². The van der Waals surface area contributed by atoms with Crippen LogP contribution < -0.4 is 10.6 Å². The largest absolute Gasteiger partial charge is 0.363 e. The Morgan fingerprint density at radius 1 is 1.15 bits per heavy atom. The summed E-state index contributed by atoms with van der Waals surface area (Å²) in [5.74, 6) is 0. The van der Waals surface area contributed by atoms with Crippen LogP contribution in [0.5, 0.6) is 0 Å². The summed E-state index contributed by atoms with van der Waals surface area (Å²) in [6.07, 6.45) is 0. The zero-order chi connectivity index (χ0) is 14.5. The van der Waals surface area contributed by atoms with Gasteiger partial charge in [-0.05, 0) is 49.2 Å². The molecule has 0 aromatic heterocycles. The summed E-state index contributed by atoms with van der Waals surface area (Å²) in [6.45, 7) is 5.75. The summed E-state index contributed by atoms with van der Waals surface area (Å²) in [5, 5.41) is 0.753. The van der Waals surface area contributed by atoms with E-state index in [-0.39, 0.29) is 6.04 Å². The summed E-state index contributed by atoms with van der Waals surface area (Å²) in [7, 11) is 0. The van der Waals surface area contributed by atoms with Crippen molar-refractivity contribution in [2.45, 2.75) is 19.9 Å². The highest BCUT2D eigenvalue weighted by Crippen LogP contribution is 2.27. The minimum absolute atomic E-state index is 0.166. The van der Waals surface area contributed by atoms with Gasteiger partial charge in [0.1, 0.15) is 0 Å². The van der Waals surface area contributed by atoms with E-state index in [2.05, 4.69) is 55.1 Å². The van der Waals surface area contributed by atoms with Gasteiger partial charge in [-0.1, -0.05) is 35.9 Å². The van der Waals surface area contributed by atoms with Crippen molar-refractivity contribution < 1.29 is 0 Å². The van der Waals surface area contributed by atoms with E-state index in [1.165, 1.54) is 16.8 Å². The summed E-state index contributed by atoms with van der Waals surface area (Å²) >= 11 is 5.97. The lowest BCUT2D eigenvalue weighted by atomic mass is 10.0. The van der Waals surface area contributed by atoms with Crippen molar-refractivity contribution in [3.63, 3.8) is 0 Å². The Bertz CT molecular complexity index is 551. The Kier molecular flexibility index (Phi) is 5.05. The van der Waals surface area contributed by atoms with Crippen LogP contribution in [0.4, 0.5) is 5.69 Å². The molecule has 0 heterocycles. The number of benzene rings is 2. The molecule has 106 valence electrons. The van der Waals surface area contributed by atoms with Gasteiger partial charge in [-0.25, -0.2) is 0 Å². The summed E-state index contributed by atoms with van der Waals surface area (Å²) in [5.41, 5.74) is 9.68. The first-order chi connectivity index (χ1) is 9.65. The molecule has 0 amide bonds. The lowest BCUT2D eigenvalue weighted by Crippen LogP contribution is -2.33. The average molecular weight is 289 g/mol. The van der Waals surface area contributed by atoms with E-state index < -0.39 is 0 Å². The number of hydrogen-bond donors (Lipinski definition) is 1. The third kappa shape index (κ3) is 3.33. The first-order valence-electron chi connectivity index (χ1n) is 6.94. The molecular formula is C17H21ClN2. The number of nitrogens with two attached hydrogens (primary N) is 1. The molecule has 2 aromatic carbocycles. The number of halogens is 1. The van der Waals surface area contributed by atoms with Crippen LogP contribution in [-0.4, -0.2) is 13.1 Å². The zero-order valence-corrected chi connectivity index (χ0v) is 12.8. The summed E-state index contributed by atoms with van der Waals surface area (Å²) < 4.78 is 0. The van der Waals surface area contributed by atoms with Crippen molar-refractivity contribution in [2.24, 2.45) is 5.73 Å². The van der Waals surface area contributed by atoms with E-state index in [1.54, 1.807) is 0 Å². The topological polar surface area (TPSA) is 29.3 Å². The van der Waals surface area contributed by atoms with Gasteiger partial charge in [-0.15, -0.1) is 0 Å². The molecule has 0 bridgehead atoms. The SMILES string of the molecule is CCN(c1cccc(C)c1)C(CN)c1ccc(Cl)cc1. The number of anilines is 1. The minimum atomic E-state index is 0.166. The number of hydrogen-bond acceptors (Lipinski definition) is 2. The predicted molar refractivity (Wildman–Crippen MR) is 87.4 cm³/mol. The Balaban J connectivity index is 2.34.